The molecule has 0 aliphatic rings. The van der Waals surface area contributed by atoms with Crippen LogP contribution in [0.3, 0.4) is 0 Å². The molecule has 0 bridgehead atoms. The highest BCUT2D eigenvalue weighted by Gasteiger charge is 2.09. The highest BCUT2D eigenvalue weighted by Crippen LogP contribution is 2.19. The van der Waals surface area contributed by atoms with E-state index in [1.165, 1.54) is 0 Å². The largest absolute Gasteiger partial charge is 0.352 e. The molecular formula is C18H17N3OS. The van der Waals surface area contributed by atoms with Gasteiger partial charge in [-0.2, -0.15) is 0 Å². The minimum Gasteiger partial charge on any atom is -0.352 e. The summed E-state index contributed by atoms with van der Waals surface area (Å²) in [7, 11) is 0. The normalized spacial score (nSPS) is 10.5. The van der Waals surface area contributed by atoms with Gasteiger partial charge in [0.2, 0.25) is 0 Å². The molecule has 0 aliphatic heterocycles. The van der Waals surface area contributed by atoms with Gasteiger partial charge in [-0.3, -0.25) is 9.78 Å². The van der Waals surface area contributed by atoms with Crippen LogP contribution in [0.2, 0.25) is 0 Å². The molecule has 0 spiro atoms. The maximum Gasteiger partial charge on any atom is 0.251 e. The number of pyridine rings is 1. The van der Waals surface area contributed by atoms with E-state index in [1.807, 2.05) is 54.8 Å². The van der Waals surface area contributed by atoms with Crippen LogP contribution in [0.4, 0.5) is 0 Å². The number of aromatic nitrogens is 2. The second kappa shape index (κ2) is 7.15. The predicted octanol–water partition coefficient (Wildman–Crippen LogP) is 3.49. The van der Waals surface area contributed by atoms with E-state index in [9.17, 15) is 4.79 Å². The molecule has 4 nitrogen and oxygen atoms in total. The molecule has 0 saturated carbocycles. The number of thiazole rings is 1. The number of carbonyl (C=O) groups excluding carboxylic acids is 1. The summed E-state index contributed by atoms with van der Waals surface area (Å²) in [6.45, 7) is 2.51. The number of amides is 1. The van der Waals surface area contributed by atoms with Crippen molar-refractivity contribution in [3.05, 3.63) is 70.2 Å². The van der Waals surface area contributed by atoms with Crippen molar-refractivity contribution in [2.45, 2.75) is 13.3 Å². The predicted molar refractivity (Wildman–Crippen MR) is 92.6 cm³/mol. The summed E-state index contributed by atoms with van der Waals surface area (Å²) >= 11 is 1.59. The molecule has 2 heterocycles. The van der Waals surface area contributed by atoms with Crippen molar-refractivity contribution in [1.29, 1.82) is 0 Å². The maximum atomic E-state index is 12.1. The molecule has 0 fully saturated rings. The lowest BCUT2D eigenvalue weighted by Gasteiger charge is -2.06. The van der Waals surface area contributed by atoms with Crippen molar-refractivity contribution in [3.63, 3.8) is 0 Å². The zero-order valence-electron chi connectivity index (χ0n) is 12.8. The number of hydrogen-bond donors (Lipinski definition) is 1. The van der Waals surface area contributed by atoms with Crippen molar-refractivity contribution < 1.29 is 4.79 Å². The third-order valence-corrected chi connectivity index (χ3v) is 4.40. The molecule has 3 aromatic rings. The van der Waals surface area contributed by atoms with E-state index in [-0.39, 0.29) is 5.91 Å². The van der Waals surface area contributed by atoms with Crippen LogP contribution in [0, 0.1) is 6.92 Å². The zero-order valence-corrected chi connectivity index (χ0v) is 13.6. The molecule has 0 aliphatic carbocycles. The Hall–Kier alpha value is -2.53. The molecule has 0 atom stereocenters. The summed E-state index contributed by atoms with van der Waals surface area (Å²) in [6.07, 6.45) is 2.48. The molecule has 5 heteroatoms. The molecule has 0 saturated heterocycles. The van der Waals surface area contributed by atoms with E-state index in [1.54, 1.807) is 17.5 Å². The quantitative estimate of drug-likeness (QED) is 0.782. The molecule has 1 N–H and O–H groups in total. The maximum absolute atomic E-state index is 12.1. The van der Waals surface area contributed by atoms with E-state index >= 15 is 0 Å². The van der Waals surface area contributed by atoms with Gasteiger partial charge in [-0.15, -0.1) is 11.3 Å². The standard InChI is InChI=1S/C18H17N3OS/c1-13-6-2-3-7-14(13)18(22)20-11-9-17-21-16(12-23-17)15-8-4-5-10-19-15/h2-8,10,12H,9,11H2,1H3,(H,20,22). The number of aryl methyl sites for hydroxylation is 1. The van der Waals surface area contributed by atoms with Crippen LogP contribution in [-0.4, -0.2) is 22.4 Å². The first-order valence-electron chi connectivity index (χ1n) is 7.43. The summed E-state index contributed by atoms with van der Waals surface area (Å²) < 4.78 is 0. The van der Waals surface area contributed by atoms with Crippen molar-refractivity contribution in [2.75, 3.05) is 6.54 Å². The van der Waals surface area contributed by atoms with Gasteiger partial charge in [0.1, 0.15) is 0 Å². The summed E-state index contributed by atoms with van der Waals surface area (Å²) in [5, 5.41) is 5.95. The van der Waals surface area contributed by atoms with Crippen LogP contribution in [0.1, 0.15) is 20.9 Å². The number of hydrogen-bond acceptors (Lipinski definition) is 4. The average molecular weight is 323 g/mol. The Balaban J connectivity index is 1.56. The molecule has 23 heavy (non-hydrogen) atoms. The topological polar surface area (TPSA) is 54.9 Å². The summed E-state index contributed by atoms with van der Waals surface area (Å²) in [5.41, 5.74) is 3.47. The van der Waals surface area contributed by atoms with Gasteiger partial charge in [0.15, 0.2) is 0 Å². The Bertz CT molecular complexity index is 799. The first-order valence-corrected chi connectivity index (χ1v) is 8.31. The number of rotatable bonds is 5. The highest BCUT2D eigenvalue weighted by atomic mass is 32.1. The zero-order chi connectivity index (χ0) is 16.1. The Morgan fingerprint density at radius 3 is 2.74 bits per heavy atom. The number of nitrogens with zero attached hydrogens (tertiary/aromatic N) is 2. The SMILES string of the molecule is Cc1ccccc1C(=O)NCCc1nc(-c2ccccn2)cs1. The molecule has 3 rings (SSSR count). The van der Waals surface area contributed by atoms with Gasteiger partial charge < -0.3 is 5.32 Å². The van der Waals surface area contributed by atoms with E-state index in [0.717, 1.165) is 33.9 Å². The first-order chi connectivity index (χ1) is 11.2. The van der Waals surface area contributed by atoms with Crippen molar-refractivity contribution in [2.24, 2.45) is 0 Å². The third kappa shape index (κ3) is 3.81. The van der Waals surface area contributed by atoms with Crippen LogP contribution in [0.5, 0.6) is 0 Å². The van der Waals surface area contributed by atoms with Gasteiger partial charge in [0.25, 0.3) is 5.91 Å². The fourth-order valence-electron chi connectivity index (χ4n) is 2.26. The van der Waals surface area contributed by atoms with E-state index in [4.69, 9.17) is 0 Å². The molecule has 1 aromatic carbocycles. The smallest absolute Gasteiger partial charge is 0.251 e. The van der Waals surface area contributed by atoms with Crippen molar-refractivity contribution in [3.8, 4) is 11.4 Å². The van der Waals surface area contributed by atoms with Gasteiger partial charge in [-0.25, -0.2) is 4.98 Å². The average Bonchev–Trinajstić information content (AvgIpc) is 3.05. The van der Waals surface area contributed by atoms with E-state index < -0.39 is 0 Å². The van der Waals surface area contributed by atoms with E-state index in [0.29, 0.717) is 6.54 Å². The minimum absolute atomic E-state index is 0.0374. The van der Waals surface area contributed by atoms with Crippen molar-refractivity contribution >= 4 is 17.2 Å². The minimum atomic E-state index is -0.0374. The van der Waals surface area contributed by atoms with E-state index in [2.05, 4.69) is 15.3 Å². The first kappa shape index (κ1) is 15.4. The molecule has 0 radical (unpaired) electrons. The Labute approximate surface area is 139 Å². The third-order valence-electron chi connectivity index (χ3n) is 3.49. The molecule has 116 valence electrons. The monoisotopic (exact) mass is 323 g/mol. The Morgan fingerprint density at radius 1 is 1.13 bits per heavy atom. The van der Waals surface area contributed by atoms with Crippen LogP contribution >= 0.6 is 11.3 Å². The van der Waals surface area contributed by atoms with Gasteiger partial charge in [-0.05, 0) is 30.7 Å². The fourth-order valence-corrected chi connectivity index (χ4v) is 3.06. The molecule has 0 unspecified atom stereocenters. The molecule has 1 amide bonds. The van der Waals surface area contributed by atoms with Crippen LogP contribution in [0.15, 0.2) is 54.0 Å². The fraction of sp³-hybridized carbons (Fsp3) is 0.167. The number of carbonyl (C=O) groups is 1. The van der Waals surface area contributed by atoms with Gasteiger partial charge in [0.05, 0.1) is 16.4 Å². The van der Waals surface area contributed by atoms with Crippen LogP contribution in [-0.2, 0) is 6.42 Å². The summed E-state index contributed by atoms with van der Waals surface area (Å²) in [5.74, 6) is -0.0374. The lowest BCUT2D eigenvalue weighted by atomic mass is 10.1. The lowest BCUT2D eigenvalue weighted by molar-refractivity contribution is 0.0953. The number of nitrogens with one attached hydrogen (secondary N) is 1. The molecule has 2 aromatic heterocycles. The van der Waals surface area contributed by atoms with Crippen LogP contribution in [0.25, 0.3) is 11.4 Å². The Morgan fingerprint density at radius 2 is 1.96 bits per heavy atom. The van der Waals surface area contributed by atoms with Gasteiger partial charge in [0, 0.05) is 30.1 Å². The van der Waals surface area contributed by atoms with Gasteiger partial charge >= 0.3 is 0 Å². The highest BCUT2D eigenvalue weighted by molar-refractivity contribution is 7.09. The van der Waals surface area contributed by atoms with Crippen LogP contribution < -0.4 is 5.32 Å². The van der Waals surface area contributed by atoms with Crippen molar-refractivity contribution in [1.82, 2.24) is 15.3 Å². The summed E-state index contributed by atoms with van der Waals surface area (Å²) in [6, 6.07) is 13.4. The Kier molecular flexibility index (Phi) is 4.78. The second-order valence-corrected chi connectivity index (χ2v) is 6.10. The second-order valence-electron chi connectivity index (χ2n) is 5.16. The lowest BCUT2D eigenvalue weighted by Crippen LogP contribution is -2.26. The molecular weight excluding hydrogens is 306 g/mol. The summed E-state index contributed by atoms with van der Waals surface area (Å²) in [4.78, 5) is 21.0. The van der Waals surface area contributed by atoms with Gasteiger partial charge in [-0.1, -0.05) is 24.3 Å². The number of benzene rings is 1.